The van der Waals surface area contributed by atoms with E-state index in [9.17, 15) is 4.79 Å². The van der Waals surface area contributed by atoms with Crippen LogP contribution in [0.1, 0.15) is 32.6 Å². The lowest BCUT2D eigenvalue weighted by Crippen LogP contribution is -2.43. The SMILES string of the molecule is CCC[C@H](N)C(=O)NCC1CCCO1. The summed E-state index contributed by atoms with van der Waals surface area (Å²) in [4.78, 5) is 11.4. The van der Waals surface area contributed by atoms with Crippen LogP contribution in [-0.4, -0.2) is 31.2 Å². The fourth-order valence-corrected chi connectivity index (χ4v) is 1.59. The van der Waals surface area contributed by atoms with Gasteiger partial charge in [0.2, 0.25) is 5.91 Å². The van der Waals surface area contributed by atoms with Gasteiger partial charge in [0.1, 0.15) is 0 Å². The Morgan fingerprint density at radius 2 is 2.50 bits per heavy atom. The highest BCUT2D eigenvalue weighted by Gasteiger charge is 2.18. The van der Waals surface area contributed by atoms with Gasteiger partial charge in [-0.1, -0.05) is 13.3 Å². The fourth-order valence-electron chi connectivity index (χ4n) is 1.59. The van der Waals surface area contributed by atoms with E-state index in [0.717, 1.165) is 32.3 Å². The third-order valence-corrected chi connectivity index (χ3v) is 2.46. The van der Waals surface area contributed by atoms with E-state index >= 15 is 0 Å². The summed E-state index contributed by atoms with van der Waals surface area (Å²) >= 11 is 0. The minimum Gasteiger partial charge on any atom is -0.376 e. The molecule has 0 bridgehead atoms. The largest absolute Gasteiger partial charge is 0.376 e. The van der Waals surface area contributed by atoms with E-state index < -0.39 is 0 Å². The van der Waals surface area contributed by atoms with Crippen molar-refractivity contribution in [1.29, 1.82) is 0 Å². The van der Waals surface area contributed by atoms with Crippen molar-refractivity contribution in [1.82, 2.24) is 5.32 Å². The van der Waals surface area contributed by atoms with Gasteiger partial charge in [-0.15, -0.1) is 0 Å². The van der Waals surface area contributed by atoms with E-state index in [4.69, 9.17) is 10.5 Å². The Bertz CT molecular complexity index is 179. The standard InChI is InChI=1S/C10H20N2O2/c1-2-4-9(11)10(13)12-7-8-5-3-6-14-8/h8-9H,2-7,11H2,1H3,(H,12,13)/t8?,9-/m0/s1. The first-order valence-electron chi connectivity index (χ1n) is 5.39. The first-order valence-corrected chi connectivity index (χ1v) is 5.39. The first kappa shape index (κ1) is 11.5. The number of hydrogen-bond donors (Lipinski definition) is 2. The van der Waals surface area contributed by atoms with Crippen molar-refractivity contribution in [3.63, 3.8) is 0 Å². The van der Waals surface area contributed by atoms with Gasteiger partial charge < -0.3 is 15.8 Å². The molecule has 1 heterocycles. The monoisotopic (exact) mass is 200 g/mol. The normalized spacial score (nSPS) is 23.4. The van der Waals surface area contributed by atoms with E-state index in [-0.39, 0.29) is 18.1 Å². The first-order chi connectivity index (χ1) is 6.74. The Labute approximate surface area is 85.2 Å². The predicted molar refractivity (Wildman–Crippen MR) is 54.9 cm³/mol. The topological polar surface area (TPSA) is 64.4 Å². The van der Waals surface area contributed by atoms with E-state index in [1.54, 1.807) is 0 Å². The smallest absolute Gasteiger partial charge is 0.237 e. The number of rotatable bonds is 5. The summed E-state index contributed by atoms with van der Waals surface area (Å²) < 4.78 is 5.39. The van der Waals surface area contributed by atoms with Gasteiger partial charge in [0.15, 0.2) is 0 Å². The molecule has 4 heteroatoms. The minimum atomic E-state index is -0.360. The summed E-state index contributed by atoms with van der Waals surface area (Å²) in [7, 11) is 0. The molecule has 0 radical (unpaired) electrons. The van der Waals surface area contributed by atoms with Crippen molar-refractivity contribution in [3.8, 4) is 0 Å². The average Bonchev–Trinajstić information content (AvgIpc) is 2.67. The van der Waals surface area contributed by atoms with Crippen molar-refractivity contribution in [2.45, 2.75) is 44.8 Å². The maximum atomic E-state index is 11.4. The maximum absolute atomic E-state index is 11.4. The number of amides is 1. The lowest BCUT2D eigenvalue weighted by Gasteiger charge is -2.14. The highest BCUT2D eigenvalue weighted by atomic mass is 16.5. The second-order valence-electron chi connectivity index (χ2n) is 3.78. The van der Waals surface area contributed by atoms with Crippen LogP contribution < -0.4 is 11.1 Å². The fraction of sp³-hybridized carbons (Fsp3) is 0.900. The van der Waals surface area contributed by atoms with Crippen LogP contribution in [0.5, 0.6) is 0 Å². The highest BCUT2D eigenvalue weighted by molar-refractivity contribution is 5.81. The zero-order valence-corrected chi connectivity index (χ0v) is 8.79. The van der Waals surface area contributed by atoms with Crippen molar-refractivity contribution < 1.29 is 9.53 Å². The predicted octanol–water partition coefficient (Wildman–Crippen LogP) is 0.409. The molecule has 1 aliphatic rings. The van der Waals surface area contributed by atoms with Gasteiger partial charge in [-0.25, -0.2) is 0 Å². The second-order valence-corrected chi connectivity index (χ2v) is 3.78. The molecule has 4 nitrogen and oxygen atoms in total. The van der Waals surface area contributed by atoms with Crippen LogP contribution in [0, 0.1) is 0 Å². The molecule has 1 aliphatic heterocycles. The van der Waals surface area contributed by atoms with E-state index in [0.29, 0.717) is 6.54 Å². The lowest BCUT2D eigenvalue weighted by molar-refractivity contribution is -0.123. The molecular weight excluding hydrogens is 180 g/mol. The van der Waals surface area contributed by atoms with Crippen LogP contribution in [0.3, 0.4) is 0 Å². The lowest BCUT2D eigenvalue weighted by atomic mass is 10.1. The summed E-state index contributed by atoms with van der Waals surface area (Å²) in [5.41, 5.74) is 5.66. The van der Waals surface area contributed by atoms with E-state index in [2.05, 4.69) is 5.32 Å². The summed E-state index contributed by atoms with van der Waals surface area (Å²) in [6.45, 7) is 3.45. The Balaban J connectivity index is 2.13. The molecule has 0 aromatic rings. The van der Waals surface area contributed by atoms with E-state index in [1.165, 1.54) is 0 Å². The maximum Gasteiger partial charge on any atom is 0.237 e. The number of ether oxygens (including phenoxy) is 1. The molecule has 0 saturated carbocycles. The average molecular weight is 200 g/mol. The van der Waals surface area contributed by atoms with Crippen LogP contribution in [0.25, 0.3) is 0 Å². The Hall–Kier alpha value is -0.610. The molecule has 0 aromatic carbocycles. The van der Waals surface area contributed by atoms with Crippen LogP contribution in [-0.2, 0) is 9.53 Å². The van der Waals surface area contributed by atoms with Crippen LogP contribution in [0.2, 0.25) is 0 Å². The third-order valence-electron chi connectivity index (χ3n) is 2.46. The molecular formula is C10H20N2O2. The molecule has 14 heavy (non-hydrogen) atoms. The van der Waals surface area contributed by atoms with Crippen LogP contribution in [0.15, 0.2) is 0 Å². The zero-order chi connectivity index (χ0) is 10.4. The quantitative estimate of drug-likeness (QED) is 0.675. The van der Waals surface area contributed by atoms with Crippen LogP contribution >= 0.6 is 0 Å². The van der Waals surface area contributed by atoms with Crippen molar-refractivity contribution in [2.24, 2.45) is 5.73 Å². The Morgan fingerprint density at radius 1 is 1.71 bits per heavy atom. The van der Waals surface area contributed by atoms with Gasteiger partial charge in [0.25, 0.3) is 0 Å². The molecule has 0 spiro atoms. The third kappa shape index (κ3) is 3.64. The summed E-state index contributed by atoms with van der Waals surface area (Å²) in [5.74, 6) is -0.0534. The molecule has 1 saturated heterocycles. The zero-order valence-electron chi connectivity index (χ0n) is 8.79. The van der Waals surface area contributed by atoms with Gasteiger partial charge in [-0.3, -0.25) is 4.79 Å². The molecule has 0 aromatic heterocycles. The number of carbonyl (C=O) groups is 1. The molecule has 82 valence electrons. The van der Waals surface area contributed by atoms with Crippen molar-refractivity contribution in [2.75, 3.05) is 13.2 Å². The number of hydrogen-bond acceptors (Lipinski definition) is 3. The Kier molecular flexibility index (Phi) is 4.90. The Morgan fingerprint density at radius 3 is 3.07 bits per heavy atom. The minimum absolute atomic E-state index is 0.0534. The molecule has 1 amide bonds. The number of carbonyl (C=O) groups excluding carboxylic acids is 1. The van der Waals surface area contributed by atoms with Crippen molar-refractivity contribution >= 4 is 5.91 Å². The molecule has 1 rings (SSSR count). The van der Waals surface area contributed by atoms with Gasteiger partial charge in [0, 0.05) is 13.2 Å². The van der Waals surface area contributed by atoms with Gasteiger partial charge in [0.05, 0.1) is 12.1 Å². The highest BCUT2D eigenvalue weighted by Crippen LogP contribution is 2.10. The molecule has 2 atom stereocenters. The number of nitrogens with two attached hydrogens (primary N) is 1. The van der Waals surface area contributed by atoms with E-state index in [1.807, 2.05) is 6.92 Å². The molecule has 1 unspecified atom stereocenters. The summed E-state index contributed by atoms with van der Waals surface area (Å²) in [5, 5.41) is 2.82. The van der Waals surface area contributed by atoms with Gasteiger partial charge >= 0.3 is 0 Å². The second kappa shape index (κ2) is 5.98. The number of nitrogens with one attached hydrogen (secondary N) is 1. The summed E-state index contributed by atoms with van der Waals surface area (Å²) in [6, 6.07) is -0.360. The summed E-state index contributed by atoms with van der Waals surface area (Å²) in [6.07, 6.45) is 4.03. The van der Waals surface area contributed by atoms with Gasteiger partial charge in [-0.05, 0) is 19.3 Å². The molecule has 1 fully saturated rings. The van der Waals surface area contributed by atoms with Gasteiger partial charge in [-0.2, -0.15) is 0 Å². The molecule has 3 N–H and O–H groups in total. The van der Waals surface area contributed by atoms with Crippen molar-refractivity contribution in [3.05, 3.63) is 0 Å². The van der Waals surface area contributed by atoms with Crippen LogP contribution in [0.4, 0.5) is 0 Å². The molecule has 0 aliphatic carbocycles.